The predicted molar refractivity (Wildman–Crippen MR) is 66.9 cm³/mol. The lowest BCUT2D eigenvalue weighted by molar-refractivity contribution is 0.191. The molecule has 1 atom stereocenters. The Labute approximate surface area is 102 Å². The van der Waals surface area contributed by atoms with Gasteiger partial charge in [0.2, 0.25) is 0 Å². The van der Waals surface area contributed by atoms with Crippen molar-refractivity contribution in [1.29, 1.82) is 0 Å². The van der Waals surface area contributed by atoms with E-state index in [0.717, 1.165) is 18.5 Å². The van der Waals surface area contributed by atoms with E-state index < -0.39 is 0 Å². The Morgan fingerprint density at radius 3 is 2.88 bits per heavy atom. The second-order valence-corrected chi connectivity index (χ2v) is 4.74. The molecule has 0 heterocycles. The van der Waals surface area contributed by atoms with Crippen molar-refractivity contribution in [3.05, 3.63) is 29.6 Å². The maximum absolute atomic E-state index is 13.1. The number of aryl methyl sites for hydroxylation is 1. The zero-order valence-corrected chi connectivity index (χ0v) is 10.5. The summed E-state index contributed by atoms with van der Waals surface area (Å²) in [4.78, 5) is 0. The third-order valence-electron chi connectivity index (χ3n) is 3.11. The maximum Gasteiger partial charge on any atom is 0.126 e. The molecule has 0 spiro atoms. The average Bonchev–Trinajstić information content (AvgIpc) is 3.12. The van der Waals surface area contributed by atoms with Crippen LogP contribution in [0.1, 0.15) is 31.7 Å². The minimum atomic E-state index is -0.240. The van der Waals surface area contributed by atoms with Crippen LogP contribution in [0.25, 0.3) is 0 Å². The number of ether oxygens (including phenoxy) is 1. The number of hydrogen-bond donors (Lipinski definition) is 1. The van der Waals surface area contributed by atoms with E-state index in [1.807, 2.05) is 6.92 Å². The highest BCUT2D eigenvalue weighted by Gasteiger charge is 2.22. The highest BCUT2D eigenvalue weighted by Crippen LogP contribution is 2.22. The minimum Gasteiger partial charge on any atom is -0.489 e. The lowest BCUT2D eigenvalue weighted by Gasteiger charge is -2.19. The van der Waals surface area contributed by atoms with E-state index in [1.54, 1.807) is 6.07 Å². The molecule has 17 heavy (non-hydrogen) atoms. The van der Waals surface area contributed by atoms with E-state index in [2.05, 4.69) is 12.2 Å². The van der Waals surface area contributed by atoms with Gasteiger partial charge in [-0.3, -0.25) is 0 Å². The van der Waals surface area contributed by atoms with Crippen LogP contribution in [-0.2, 0) is 0 Å². The number of hydrogen-bond acceptors (Lipinski definition) is 2. The van der Waals surface area contributed by atoms with Gasteiger partial charge in [-0.15, -0.1) is 0 Å². The summed E-state index contributed by atoms with van der Waals surface area (Å²) in [6, 6.07) is 5.37. The molecule has 2 nitrogen and oxygen atoms in total. The van der Waals surface area contributed by atoms with Gasteiger partial charge in [0.05, 0.1) is 0 Å². The zero-order valence-electron chi connectivity index (χ0n) is 10.5. The number of benzene rings is 1. The lowest BCUT2D eigenvalue weighted by Crippen LogP contribution is -2.32. The van der Waals surface area contributed by atoms with Crippen molar-refractivity contribution in [3.63, 3.8) is 0 Å². The van der Waals surface area contributed by atoms with Gasteiger partial charge in [0.15, 0.2) is 0 Å². The van der Waals surface area contributed by atoms with Crippen LogP contribution in [0.4, 0.5) is 4.39 Å². The summed E-state index contributed by atoms with van der Waals surface area (Å²) in [5.41, 5.74) is 0.983. The van der Waals surface area contributed by atoms with Crippen molar-refractivity contribution < 1.29 is 9.13 Å². The Morgan fingerprint density at radius 2 is 2.24 bits per heavy atom. The predicted octanol–water partition coefficient (Wildman–Crippen LogP) is 3.04. The first-order chi connectivity index (χ1) is 8.19. The third kappa shape index (κ3) is 3.70. The van der Waals surface area contributed by atoms with Crippen molar-refractivity contribution in [2.45, 2.75) is 45.3 Å². The summed E-state index contributed by atoms with van der Waals surface area (Å²) in [6.45, 7) is 4.88. The molecule has 0 amide bonds. The molecule has 94 valence electrons. The van der Waals surface area contributed by atoms with E-state index in [1.165, 1.54) is 25.0 Å². The molecule has 0 bridgehead atoms. The largest absolute Gasteiger partial charge is 0.489 e. The lowest BCUT2D eigenvalue weighted by atomic mass is 10.2. The van der Waals surface area contributed by atoms with Crippen LogP contribution in [0.15, 0.2) is 18.2 Å². The van der Waals surface area contributed by atoms with Gasteiger partial charge in [0.25, 0.3) is 0 Å². The number of halogens is 1. The summed E-state index contributed by atoms with van der Waals surface area (Å²) in [7, 11) is 0. The van der Waals surface area contributed by atoms with Crippen molar-refractivity contribution in [2.24, 2.45) is 0 Å². The van der Waals surface area contributed by atoms with Crippen LogP contribution in [0, 0.1) is 12.7 Å². The van der Waals surface area contributed by atoms with Crippen molar-refractivity contribution >= 4 is 0 Å². The van der Waals surface area contributed by atoms with Gasteiger partial charge in [0, 0.05) is 18.7 Å². The summed E-state index contributed by atoms with van der Waals surface area (Å²) >= 11 is 0. The number of nitrogens with one attached hydrogen (secondary N) is 1. The first kappa shape index (κ1) is 12.4. The Morgan fingerprint density at radius 1 is 1.47 bits per heavy atom. The normalized spacial score (nSPS) is 16.9. The SMILES string of the molecule is CCC(CNC1CC1)Oc1cc(F)ccc1C. The van der Waals surface area contributed by atoms with Gasteiger partial charge in [-0.25, -0.2) is 4.39 Å². The summed E-state index contributed by atoms with van der Waals surface area (Å²) < 4.78 is 19.0. The maximum atomic E-state index is 13.1. The molecule has 0 aromatic heterocycles. The van der Waals surface area contributed by atoms with E-state index in [0.29, 0.717) is 11.8 Å². The van der Waals surface area contributed by atoms with E-state index >= 15 is 0 Å². The van der Waals surface area contributed by atoms with Crippen molar-refractivity contribution in [2.75, 3.05) is 6.54 Å². The van der Waals surface area contributed by atoms with E-state index in [-0.39, 0.29) is 11.9 Å². The van der Waals surface area contributed by atoms with E-state index in [4.69, 9.17) is 4.74 Å². The summed E-state index contributed by atoms with van der Waals surface area (Å²) in [5.74, 6) is 0.421. The molecule has 3 heteroatoms. The molecule has 1 aliphatic carbocycles. The number of rotatable bonds is 6. The second-order valence-electron chi connectivity index (χ2n) is 4.74. The topological polar surface area (TPSA) is 21.3 Å². The standard InChI is InChI=1S/C14H20FNO/c1-3-13(9-16-12-6-7-12)17-14-8-11(15)5-4-10(14)2/h4-5,8,12-13,16H,3,6-7,9H2,1-2H3. The Bertz CT molecular complexity index is 376. The Balaban J connectivity index is 1.93. The first-order valence-corrected chi connectivity index (χ1v) is 6.35. The monoisotopic (exact) mass is 237 g/mol. The fraction of sp³-hybridized carbons (Fsp3) is 0.571. The Hall–Kier alpha value is -1.09. The third-order valence-corrected chi connectivity index (χ3v) is 3.11. The minimum absolute atomic E-state index is 0.121. The fourth-order valence-corrected chi connectivity index (χ4v) is 1.74. The molecule has 1 saturated carbocycles. The molecule has 1 unspecified atom stereocenters. The van der Waals surface area contributed by atoms with Crippen LogP contribution < -0.4 is 10.1 Å². The van der Waals surface area contributed by atoms with E-state index in [9.17, 15) is 4.39 Å². The Kier molecular flexibility index (Phi) is 4.00. The molecule has 0 radical (unpaired) electrons. The van der Waals surface area contributed by atoms with Gasteiger partial charge < -0.3 is 10.1 Å². The van der Waals surface area contributed by atoms with Gasteiger partial charge in [0.1, 0.15) is 17.7 Å². The molecule has 1 fully saturated rings. The molecule has 1 aromatic rings. The van der Waals surface area contributed by atoms with Crippen LogP contribution in [0.3, 0.4) is 0 Å². The van der Waals surface area contributed by atoms with Gasteiger partial charge in [-0.2, -0.15) is 0 Å². The highest BCUT2D eigenvalue weighted by atomic mass is 19.1. The molecule has 0 aliphatic heterocycles. The van der Waals surface area contributed by atoms with Gasteiger partial charge in [-0.1, -0.05) is 13.0 Å². The summed E-state index contributed by atoms with van der Waals surface area (Å²) in [6.07, 6.45) is 3.59. The smallest absolute Gasteiger partial charge is 0.126 e. The molecule has 1 aliphatic rings. The highest BCUT2D eigenvalue weighted by molar-refractivity contribution is 5.32. The van der Waals surface area contributed by atoms with Crippen molar-refractivity contribution in [3.8, 4) is 5.75 Å². The second kappa shape index (κ2) is 5.50. The molecular weight excluding hydrogens is 217 g/mol. The van der Waals surface area contributed by atoms with Crippen LogP contribution in [0.2, 0.25) is 0 Å². The molecule has 0 saturated heterocycles. The average molecular weight is 237 g/mol. The zero-order chi connectivity index (χ0) is 12.3. The van der Waals surface area contributed by atoms with Crippen LogP contribution >= 0.6 is 0 Å². The molecular formula is C14H20FNO. The quantitative estimate of drug-likeness (QED) is 0.821. The molecule has 1 N–H and O–H groups in total. The fourth-order valence-electron chi connectivity index (χ4n) is 1.74. The summed E-state index contributed by atoms with van der Waals surface area (Å²) in [5, 5.41) is 3.44. The molecule has 2 rings (SSSR count). The van der Waals surface area contributed by atoms with Crippen LogP contribution in [0.5, 0.6) is 5.75 Å². The van der Waals surface area contributed by atoms with Crippen molar-refractivity contribution in [1.82, 2.24) is 5.32 Å². The van der Waals surface area contributed by atoms with Gasteiger partial charge in [-0.05, 0) is 37.8 Å². The van der Waals surface area contributed by atoms with Gasteiger partial charge >= 0.3 is 0 Å². The first-order valence-electron chi connectivity index (χ1n) is 6.35. The van der Waals surface area contributed by atoms with Crippen LogP contribution in [-0.4, -0.2) is 18.7 Å². The molecule has 1 aromatic carbocycles.